The van der Waals surface area contributed by atoms with Gasteiger partial charge in [0.25, 0.3) is 0 Å². The second kappa shape index (κ2) is 9.85. The van der Waals surface area contributed by atoms with E-state index in [1.54, 1.807) is 0 Å². The molecule has 180 valence electrons. The van der Waals surface area contributed by atoms with Crippen LogP contribution in [-0.4, -0.2) is 64.4 Å². The third kappa shape index (κ3) is 4.77. The summed E-state index contributed by atoms with van der Waals surface area (Å²) in [5.74, 6) is -1.73. The Morgan fingerprint density at radius 2 is 1.65 bits per heavy atom. The lowest BCUT2D eigenvalue weighted by Gasteiger charge is -2.28. The normalized spacial score (nSPS) is 20.1. The number of carbonyl (C=O) groups excluding carboxylic acids is 2. The molecule has 8 nitrogen and oxygen atoms in total. The summed E-state index contributed by atoms with van der Waals surface area (Å²) in [4.78, 5) is 38.6. The molecule has 1 saturated heterocycles. The number of hydrogen-bond donors (Lipinski definition) is 3. The van der Waals surface area contributed by atoms with Crippen LogP contribution in [0.15, 0.2) is 48.5 Å². The Labute approximate surface area is 198 Å². The van der Waals surface area contributed by atoms with Gasteiger partial charge in [0, 0.05) is 18.9 Å². The van der Waals surface area contributed by atoms with Crippen LogP contribution < -0.4 is 5.32 Å². The van der Waals surface area contributed by atoms with Gasteiger partial charge in [-0.05, 0) is 34.6 Å². The molecule has 1 aliphatic heterocycles. The summed E-state index contributed by atoms with van der Waals surface area (Å²) in [6, 6.07) is 14.0. The fraction of sp³-hybridized carbons (Fsp3) is 0.423. The molecule has 4 rings (SSSR count). The van der Waals surface area contributed by atoms with Gasteiger partial charge in [0.1, 0.15) is 18.7 Å². The van der Waals surface area contributed by atoms with Gasteiger partial charge in [0.15, 0.2) is 0 Å². The van der Waals surface area contributed by atoms with E-state index < -0.39 is 36.2 Å². The van der Waals surface area contributed by atoms with E-state index >= 15 is 0 Å². The molecular weight excluding hydrogens is 436 g/mol. The van der Waals surface area contributed by atoms with E-state index in [4.69, 9.17) is 4.74 Å². The first-order chi connectivity index (χ1) is 16.3. The average molecular weight is 467 g/mol. The van der Waals surface area contributed by atoms with Crippen molar-refractivity contribution in [2.45, 2.75) is 50.8 Å². The Balaban J connectivity index is 1.45. The Kier molecular flexibility index (Phi) is 6.88. The van der Waals surface area contributed by atoms with Gasteiger partial charge < -0.3 is 25.2 Å². The van der Waals surface area contributed by atoms with Crippen LogP contribution in [0.2, 0.25) is 0 Å². The number of nitrogens with zero attached hydrogens (tertiary/aromatic N) is 1. The number of aliphatic carboxylic acids is 1. The standard InChI is InChI=1S/C26H30N2O6/c1-15(2)11-22(24(30)28-13-16(29)12-23(28)25(31)32)27-26(33)34-14-21-19-9-5-3-7-17(19)18-8-4-6-10-20(18)21/h3-10,15-16,21-23,29H,11-14H2,1-2H3,(H,27,33)(H,31,32)/t16-,22?,23-/m1/s1. The predicted octanol–water partition coefficient (Wildman–Crippen LogP) is 2.99. The number of β-amino-alcohol motifs (C(OH)–C–C–N with tert-alkyl or cyclic N) is 1. The van der Waals surface area contributed by atoms with E-state index in [0.29, 0.717) is 6.42 Å². The van der Waals surface area contributed by atoms with Crippen molar-refractivity contribution < 1.29 is 29.3 Å². The summed E-state index contributed by atoms with van der Waals surface area (Å²) in [6.45, 7) is 3.86. The summed E-state index contributed by atoms with van der Waals surface area (Å²) in [5, 5.41) is 22.0. The number of carbonyl (C=O) groups is 3. The maximum atomic E-state index is 13.1. The number of aliphatic hydroxyl groups excluding tert-OH is 1. The van der Waals surface area contributed by atoms with Gasteiger partial charge in [-0.25, -0.2) is 9.59 Å². The molecule has 0 bridgehead atoms. The van der Waals surface area contributed by atoms with Crippen LogP contribution in [0.1, 0.15) is 43.7 Å². The van der Waals surface area contributed by atoms with Crippen molar-refractivity contribution in [2.75, 3.05) is 13.2 Å². The van der Waals surface area contributed by atoms with E-state index in [1.165, 1.54) is 0 Å². The number of nitrogens with one attached hydrogen (secondary N) is 1. The predicted molar refractivity (Wildman–Crippen MR) is 125 cm³/mol. The molecule has 8 heteroatoms. The topological polar surface area (TPSA) is 116 Å². The Morgan fingerprint density at radius 3 is 2.21 bits per heavy atom. The first kappa shape index (κ1) is 23.8. The Hall–Kier alpha value is -3.39. The van der Waals surface area contributed by atoms with Crippen molar-refractivity contribution in [3.63, 3.8) is 0 Å². The van der Waals surface area contributed by atoms with Crippen molar-refractivity contribution in [1.29, 1.82) is 0 Å². The number of rotatable bonds is 7. The highest BCUT2D eigenvalue weighted by atomic mass is 16.5. The van der Waals surface area contributed by atoms with Crippen LogP contribution in [-0.2, 0) is 14.3 Å². The number of amides is 2. The molecule has 0 radical (unpaired) electrons. The van der Waals surface area contributed by atoms with Crippen LogP contribution in [0.5, 0.6) is 0 Å². The molecule has 2 amide bonds. The van der Waals surface area contributed by atoms with Gasteiger partial charge in [0.05, 0.1) is 6.10 Å². The van der Waals surface area contributed by atoms with E-state index in [1.807, 2.05) is 50.2 Å². The number of benzene rings is 2. The van der Waals surface area contributed by atoms with Gasteiger partial charge in [-0.2, -0.15) is 0 Å². The highest BCUT2D eigenvalue weighted by Gasteiger charge is 2.41. The second-order valence-electron chi connectivity index (χ2n) is 9.39. The number of aliphatic hydroxyl groups is 1. The summed E-state index contributed by atoms with van der Waals surface area (Å²) in [5.41, 5.74) is 4.41. The van der Waals surface area contributed by atoms with Crippen LogP contribution >= 0.6 is 0 Å². The minimum absolute atomic E-state index is 0.0274. The van der Waals surface area contributed by atoms with E-state index in [9.17, 15) is 24.6 Å². The number of carboxylic acid groups (broad SMARTS) is 1. The summed E-state index contributed by atoms with van der Waals surface area (Å²) in [6.07, 6.45) is -1.34. The monoisotopic (exact) mass is 466 g/mol. The van der Waals surface area contributed by atoms with E-state index in [2.05, 4.69) is 17.4 Å². The largest absolute Gasteiger partial charge is 0.480 e. The van der Waals surface area contributed by atoms with Crippen molar-refractivity contribution in [3.05, 3.63) is 59.7 Å². The number of carboxylic acids is 1. The molecule has 2 aliphatic rings. The third-order valence-electron chi connectivity index (χ3n) is 6.49. The zero-order chi connectivity index (χ0) is 24.4. The molecule has 0 saturated carbocycles. The van der Waals surface area contributed by atoms with Crippen LogP contribution in [0.25, 0.3) is 11.1 Å². The smallest absolute Gasteiger partial charge is 0.407 e. The van der Waals surface area contributed by atoms with Crippen molar-refractivity contribution in [1.82, 2.24) is 10.2 Å². The first-order valence-electron chi connectivity index (χ1n) is 11.6. The maximum Gasteiger partial charge on any atom is 0.407 e. The quantitative estimate of drug-likeness (QED) is 0.578. The molecule has 1 aliphatic carbocycles. The molecule has 34 heavy (non-hydrogen) atoms. The molecule has 1 unspecified atom stereocenters. The van der Waals surface area contributed by atoms with E-state index in [0.717, 1.165) is 27.2 Å². The molecule has 2 aromatic rings. The lowest BCUT2D eigenvalue weighted by atomic mass is 9.98. The molecular formula is C26H30N2O6. The fourth-order valence-electron chi connectivity index (χ4n) is 4.97. The minimum Gasteiger partial charge on any atom is -0.480 e. The highest BCUT2D eigenvalue weighted by molar-refractivity contribution is 5.90. The molecule has 0 spiro atoms. The number of ether oxygens (including phenoxy) is 1. The van der Waals surface area contributed by atoms with Gasteiger partial charge in [0.2, 0.25) is 5.91 Å². The molecule has 1 fully saturated rings. The summed E-state index contributed by atoms with van der Waals surface area (Å²) < 4.78 is 5.57. The van der Waals surface area contributed by atoms with Crippen LogP contribution in [0, 0.1) is 5.92 Å². The first-order valence-corrected chi connectivity index (χ1v) is 11.6. The SMILES string of the molecule is CC(C)CC(NC(=O)OCC1c2ccccc2-c2ccccc21)C(=O)N1C[C@H](O)C[C@@H]1C(=O)O. The second-order valence-corrected chi connectivity index (χ2v) is 9.39. The van der Waals surface area contributed by atoms with Crippen molar-refractivity contribution in [3.8, 4) is 11.1 Å². The number of hydrogen-bond acceptors (Lipinski definition) is 5. The Morgan fingerprint density at radius 1 is 1.06 bits per heavy atom. The third-order valence-corrected chi connectivity index (χ3v) is 6.49. The van der Waals surface area contributed by atoms with Gasteiger partial charge in [-0.15, -0.1) is 0 Å². The number of likely N-dealkylation sites (tertiary alicyclic amines) is 1. The number of alkyl carbamates (subject to hydrolysis) is 1. The van der Waals surface area contributed by atoms with Crippen molar-refractivity contribution >= 4 is 18.0 Å². The summed E-state index contributed by atoms with van der Waals surface area (Å²) in [7, 11) is 0. The Bertz CT molecular complexity index is 1040. The van der Waals surface area contributed by atoms with Crippen LogP contribution in [0.3, 0.4) is 0 Å². The lowest BCUT2D eigenvalue weighted by molar-refractivity contribution is -0.149. The van der Waals surface area contributed by atoms with Gasteiger partial charge in [-0.1, -0.05) is 62.4 Å². The summed E-state index contributed by atoms with van der Waals surface area (Å²) >= 11 is 0. The molecule has 1 heterocycles. The zero-order valence-corrected chi connectivity index (χ0v) is 19.3. The molecule has 3 N–H and O–H groups in total. The average Bonchev–Trinajstić information content (AvgIpc) is 3.35. The minimum atomic E-state index is -1.17. The molecule has 0 aromatic heterocycles. The lowest BCUT2D eigenvalue weighted by Crippen LogP contribution is -2.52. The molecule has 3 atom stereocenters. The van der Waals surface area contributed by atoms with Gasteiger partial charge >= 0.3 is 12.1 Å². The zero-order valence-electron chi connectivity index (χ0n) is 19.3. The van der Waals surface area contributed by atoms with Crippen LogP contribution in [0.4, 0.5) is 4.79 Å². The van der Waals surface area contributed by atoms with Gasteiger partial charge in [-0.3, -0.25) is 4.79 Å². The fourth-order valence-corrected chi connectivity index (χ4v) is 4.97. The van der Waals surface area contributed by atoms with Crippen molar-refractivity contribution in [2.24, 2.45) is 5.92 Å². The highest BCUT2D eigenvalue weighted by Crippen LogP contribution is 2.44. The maximum absolute atomic E-state index is 13.1. The van der Waals surface area contributed by atoms with E-state index in [-0.39, 0.29) is 31.4 Å². The molecule has 2 aromatic carbocycles. The number of fused-ring (bicyclic) bond motifs is 3.